The predicted molar refractivity (Wildman–Crippen MR) is 114 cm³/mol. The van der Waals surface area contributed by atoms with Gasteiger partial charge in [0.1, 0.15) is 0 Å². The third-order valence-corrected chi connectivity index (χ3v) is 4.82. The molecule has 0 unspecified atom stereocenters. The minimum Gasteiger partial charge on any atom is -0.370 e. The van der Waals surface area contributed by atoms with Crippen LogP contribution in [0.4, 0.5) is 0 Å². The summed E-state index contributed by atoms with van der Waals surface area (Å²) in [5, 5.41) is 10.6. The first-order valence-corrected chi connectivity index (χ1v) is 10.8. The van der Waals surface area contributed by atoms with Crippen LogP contribution in [0.25, 0.3) is 21.2 Å². The van der Waals surface area contributed by atoms with Crippen LogP contribution in [0.3, 0.4) is 0 Å². The molecular weight excluding hydrogens is 398 g/mol. The van der Waals surface area contributed by atoms with Crippen molar-refractivity contribution in [1.82, 2.24) is 5.32 Å². The highest BCUT2D eigenvalue weighted by Crippen LogP contribution is 2.35. The first-order valence-electron chi connectivity index (χ1n) is 8.13. The van der Waals surface area contributed by atoms with Gasteiger partial charge in [0, 0.05) is 10.1 Å². The van der Waals surface area contributed by atoms with Crippen molar-refractivity contribution in [2.45, 2.75) is 13.8 Å². The molecule has 0 bridgehead atoms. The lowest BCUT2D eigenvalue weighted by molar-refractivity contribution is 0.0980. The largest absolute Gasteiger partial charge is 0.370 e. The summed E-state index contributed by atoms with van der Waals surface area (Å²) in [6.07, 6.45) is 0.715. The number of hydrogen-bond acceptors (Lipinski definition) is 5. The molecule has 0 aliphatic heterocycles. The van der Waals surface area contributed by atoms with Crippen LogP contribution in [0, 0.1) is 19.3 Å². The van der Waals surface area contributed by atoms with E-state index < -0.39 is 10.1 Å². The van der Waals surface area contributed by atoms with E-state index in [2.05, 4.69) is 43.4 Å². The molecule has 1 amide bonds. The van der Waals surface area contributed by atoms with E-state index in [-0.39, 0.29) is 11.9 Å². The van der Waals surface area contributed by atoms with E-state index >= 15 is 0 Å². The quantitative estimate of drug-likeness (QED) is 0.287. The molecular formula is C19H21N3O4S2. The maximum atomic E-state index is 12.1. The molecule has 3 rings (SSSR count). The Labute approximate surface area is 167 Å². The molecule has 148 valence electrons. The number of guanidine groups is 1. The number of fused-ring (bicyclic) bond motifs is 1. The maximum Gasteiger partial charge on any atom is 0.268 e. The predicted octanol–water partition coefficient (Wildman–Crippen LogP) is 3.31. The Kier molecular flexibility index (Phi) is 6.55. The average Bonchev–Trinajstić information content (AvgIpc) is 2.99. The minimum absolute atomic E-state index is 0.342. The van der Waals surface area contributed by atoms with Crippen LogP contribution in [-0.4, -0.2) is 31.1 Å². The number of nitrogens with two attached hydrogens (primary N) is 1. The fraction of sp³-hybridized carbons (Fsp3) is 0.158. The van der Waals surface area contributed by atoms with Crippen LogP contribution in [-0.2, 0) is 10.1 Å². The minimum atomic E-state index is -3.67. The molecule has 2 aromatic carbocycles. The van der Waals surface area contributed by atoms with E-state index in [0.717, 1.165) is 15.6 Å². The zero-order chi connectivity index (χ0) is 21.1. The zero-order valence-corrected chi connectivity index (χ0v) is 17.2. The van der Waals surface area contributed by atoms with E-state index in [1.165, 1.54) is 28.0 Å². The Hall–Kier alpha value is -2.75. The molecule has 28 heavy (non-hydrogen) atoms. The van der Waals surface area contributed by atoms with Crippen molar-refractivity contribution in [3.63, 3.8) is 0 Å². The van der Waals surface area contributed by atoms with Gasteiger partial charge in [-0.05, 0) is 42.7 Å². The summed E-state index contributed by atoms with van der Waals surface area (Å²) in [6, 6.07) is 14.3. The molecule has 1 aromatic heterocycles. The van der Waals surface area contributed by atoms with Gasteiger partial charge in [-0.3, -0.25) is 20.1 Å². The van der Waals surface area contributed by atoms with E-state index in [1.54, 1.807) is 0 Å². The van der Waals surface area contributed by atoms with Crippen LogP contribution in [0.15, 0.2) is 42.5 Å². The number of aryl methyl sites for hydroxylation is 2. The maximum absolute atomic E-state index is 12.1. The van der Waals surface area contributed by atoms with Crippen molar-refractivity contribution in [3.8, 4) is 11.1 Å². The lowest BCUT2D eigenvalue weighted by Gasteiger charge is -2.08. The molecule has 3 aromatic rings. The summed E-state index contributed by atoms with van der Waals surface area (Å²) in [4.78, 5) is 12.6. The smallest absolute Gasteiger partial charge is 0.268 e. The zero-order valence-electron chi connectivity index (χ0n) is 15.6. The second-order valence-electron chi connectivity index (χ2n) is 6.25. The molecule has 9 heteroatoms. The summed E-state index contributed by atoms with van der Waals surface area (Å²) >= 11 is 1.40. The normalized spacial score (nSPS) is 10.9. The summed E-state index contributed by atoms with van der Waals surface area (Å²) in [5.41, 5.74) is 9.92. The van der Waals surface area contributed by atoms with Gasteiger partial charge in [0.05, 0.1) is 11.1 Å². The third-order valence-electron chi connectivity index (χ3n) is 3.72. The lowest BCUT2D eigenvalue weighted by Crippen LogP contribution is -2.35. The molecule has 0 aliphatic carbocycles. The van der Waals surface area contributed by atoms with Crippen molar-refractivity contribution in [2.24, 2.45) is 5.73 Å². The van der Waals surface area contributed by atoms with Gasteiger partial charge in [0.15, 0.2) is 5.96 Å². The van der Waals surface area contributed by atoms with Gasteiger partial charge in [0.2, 0.25) is 0 Å². The summed E-state index contributed by atoms with van der Waals surface area (Å²) < 4.78 is 26.9. The number of rotatable bonds is 2. The van der Waals surface area contributed by atoms with Crippen molar-refractivity contribution in [1.29, 1.82) is 5.41 Å². The monoisotopic (exact) mass is 419 g/mol. The molecule has 1 heterocycles. The van der Waals surface area contributed by atoms with Crippen molar-refractivity contribution in [2.75, 3.05) is 6.26 Å². The molecule has 0 atom stereocenters. The lowest BCUT2D eigenvalue weighted by atomic mass is 9.96. The molecule has 0 radical (unpaired) electrons. The molecule has 0 saturated carbocycles. The molecule has 0 saturated heterocycles. The number of nitrogens with one attached hydrogen (secondary N) is 2. The molecule has 7 nitrogen and oxygen atoms in total. The summed E-state index contributed by atoms with van der Waals surface area (Å²) in [6.45, 7) is 4.16. The highest BCUT2D eigenvalue weighted by Gasteiger charge is 2.14. The highest BCUT2D eigenvalue weighted by atomic mass is 32.2. The van der Waals surface area contributed by atoms with E-state index in [9.17, 15) is 13.2 Å². The number of hydrogen-bond donors (Lipinski definition) is 4. The van der Waals surface area contributed by atoms with Gasteiger partial charge in [-0.25, -0.2) is 0 Å². The molecule has 0 spiro atoms. The Balaban J connectivity index is 0.000000500. The topological polar surface area (TPSA) is 133 Å². The fourth-order valence-electron chi connectivity index (χ4n) is 2.62. The number of thiophene rings is 1. The number of amides is 1. The number of carbonyl (C=O) groups excluding carboxylic acids is 1. The average molecular weight is 420 g/mol. The SMILES string of the molecule is CS(=O)(=O)O.Cc1ccc(C)c(-c2cccc3sc(C(=O)NC(=N)N)cc23)c1. The number of carbonyl (C=O) groups is 1. The van der Waals surface area contributed by atoms with Gasteiger partial charge in [-0.1, -0.05) is 35.9 Å². The van der Waals surface area contributed by atoms with E-state index in [4.69, 9.17) is 15.7 Å². The Morgan fingerprint density at radius 1 is 1.14 bits per heavy atom. The van der Waals surface area contributed by atoms with E-state index in [0.29, 0.717) is 11.1 Å². The Morgan fingerprint density at radius 3 is 2.39 bits per heavy atom. The molecule has 0 fully saturated rings. The molecule has 5 N–H and O–H groups in total. The summed E-state index contributed by atoms with van der Waals surface area (Å²) in [5.74, 6) is -0.687. The van der Waals surface area contributed by atoms with Crippen molar-refractivity contribution >= 4 is 43.4 Å². The van der Waals surface area contributed by atoms with Crippen LogP contribution in [0.2, 0.25) is 0 Å². The van der Waals surface area contributed by atoms with Crippen LogP contribution < -0.4 is 11.1 Å². The number of benzene rings is 2. The van der Waals surface area contributed by atoms with Crippen LogP contribution in [0.1, 0.15) is 20.8 Å². The third kappa shape index (κ3) is 5.88. The van der Waals surface area contributed by atoms with E-state index in [1.807, 2.05) is 18.2 Å². The Morgan fingerprint density at radius 2 is 1.79 bits per heavy atom. The highest BCUT2D eigenvalue weighted by molar-refractivity contribution is 7.85. The Bertz CT molecular complexity index is 1140. The standard InChI is InChI=1S/C18H17N3OS.CH4O3S/c1-10-6-7-11(2)13(8-10)12-4-3-5-15-14(12)9-16(23-15)17(22)21-18(19)20;1-5(2,3)4/h3-9H,1-2H3,(H4,19,20,21,22);1H3,(H,2,3,4). The second kappa shape index (κ2) is 8.51. The van der Waals surface area contributed by atoms with Gasteiger partial charge in [-0.15, -0.1) is 11.3 Å². The molecule has 0 aliphatic rings. The van der Waals surface area contributed by atoms with Gasteiger partial charge < -0.3 is 5.73 Å². The first kappa shape index (κ1) is 21.5. The van der Waals surface area contributed by atoms with Crippen molar-refractivity contribution in [3.05, 3.63) is 58.5 Å². The van der Waals surface area contributed by atoms with Crippen molar-refractivity contribution < 1.29 is 17.8 Å². The van der Waals surface area contributed by atoms with Crippen LogP contribution in [0.5, 0.6) is 0 Å². The first-order chi connectivity index (χ1) is 13.0. The van der Waals surface area contributed by atoms with Crippen LogP contribution >= 0.6 is 11.3 Å². The second-order valence-corrected chi connectivity index (χ2v) is 8.80. The van der Waals surface area contributed by atoms with Gasteiger partial charge in [-0.2, -0.15) is 8.42 Å². The van der Waals surface area contributed by atoms with Gasteiger partial charge >= 0.3 is 0 Å². The van der Waals surface area contributed by atoms with Gasteiger partial charge in [0.25, 0.3) is 16.0 Å². The fourth-order valence-corrected chi connectivity index (χ4v) is 3.60. The summed E-state index contributed by atoms with van der Waals surface area (Å²) in [7, 11) is -3.67.